The van der Waals surface area contributed by atoms with Crippen LogP contribution in [0.2, 0.25) is 0 Å². The highest BCUT2D eigenvalue weighted by Crippen LogP contribution is 2.24. The molecule has 8 heteroatoms. The van der Waals surface area contributed by atoms with E-state index in [0.29, 0.717) is 36.3 Å². The first-order chi connectivity index (χ1) is 9.26. The van der Waals surface area contributed by atoms with Crippen LogP contribution in [0.3, 0.4) is 0 Å². The molecule has 1 aliphatic rings. The largest absolute Gasteiger partial charge is 0.481 e. The van der Waals surface area contributed by atoms with Crippen molar-refractivity contribution >= 4 is 0 Å². The van der Waals surface area contributed by atoms with Crippen molar-refractivity contribution < 1.29 is 14.4 Å². The van der Waals surface area contributed by atoms with E-state index >= 15 is 0 Å². The van der Waals surface area contributed by atoms with Gasteiger partial charge in [0.25, 0.3) is 0 Å². The summed E-state index contributed by atoms with van der Waals surface area (Å²) in [6.07, 6.45) is 1.57. The zero-order valence-corrected chi connectivity index (χ0v) is 10.3. The van der Waals surface area contributed by atoms with Gasteiger partial charge in [-0.05, 0) is 6.42 Å². The Bertz CT molecular complexity index is 573. The van der Waals surface area contributed by atoms with Crippen LogP contribution < -0.4 is 10.1 Å². The molecule has 3 heterocycles. The number of β-amino-alcohol motifs (C(OH)–C–C–N with tert-alkyl or cyclic N) is 1. The maximum absolute atomic E-state index is 9.46. The van der Waals surface area contributed by atoms with E-state index in [9.17, 15) is 5.11 Å². The van der Waals surface area contributed by atoms with E-state index in [1.165, 1.54) is 13.4 Å². The zero-order chi connectivity index (χ0) is 13.2. The average molecular weight is 263 g/mol. The van der Waals surface area contributed by atoms with Crippen molar-refractivity contribution in [1.29, 1.82) is 0 Å². The quantitative estimate of drug-likeness (QED) is 0.792. The van der Waals surface area contributed by atoms with Crippen molar-refractivity contribution in [2.45, 2.75) is 18.6 Å². The highest BCUT2D eigenvalue weighted by atomic mass is 16.5. The van der Waals surface area contributed by atoms with Gasteiger partial charge in [-0.15, -0.1) is 0 Å². The van der Waals surface area contributed by atoms with Crippen LogP contribution in [0.15, 0.2) is 16.9 Å². The summed E-state index contributed by atoms with van der Waals surface area (Å²) in [5, 5.41) is 16.4. The molecular formula is C11H13N5O3. The van der Waals surface area contributed by atoms with Gasteiger partial charge < -0.3 is 19.7 Å². The highest BCUT2D eigenvalue weighted by Gasteiger charge is 2.28. The molecule has 0 bridgehead atoms. The van der Waals surface area contributed by atoms with Crippen LogP contribution in [0.1, 0.15) is 18.4 Å². The summed E-state index contributed by atoms with van der Waals surface area (Å²) in [5.41, 5.74) is 0.528. The molecule has 0 radical (unpaired) electrons. The molecule has 2 aromatic rings. The van der Waals surface area contributed by atoms with E-state index in [4.69, 9.17) is 9.26 Å². The summed E-state index contributed by atoms with van der Waals surface area (Å²) in [6, 6.07) is 1.52. The Hall–Kier alpha value is -2.06. The van der Waals surface area contributed by atoms with Gasteiger partial charge in [0.15, 0.2) is 0 Å². The molecule has 19 heavy (non-hydrogen) atoms. The van der Waals surface area contributed by atoms with Gasteiger partial charge in [-0.1, -0.05) is 5.16 Å². The molecule has 100 valence electrons. The van der Waals surface area contributed by atoms with Gasteiger partial charge in [-0.25, -0.2) is 9.97 Å². The lowest BCUT2D eigenvalue weighted by atomic mass is 10.2. The van der Waals surface area contributed by atoms with E-state index in [1.807, 2.05) is 0 Å². The predicted octanol–water partition coefficient (Wildman–Crippen LogP) is -0.0695. The molecule has 8 nitrogen and oxygen atoms in total. The van der Waals surface area contributed by atoms with Crippen molar-refractivity contribution in [2.24, 2.45) is 0 Å². The number of nitrogens with one attached hydrogen (secondary N) is 1. The topological polar surface area (TPSA) is 106 Å². The number of aromatic nitrogens is 4. The molecule has 2 N–H and O–H groups in total. The van der Waals surface area contributed by atoms with Crippen LogP contribution in [0.5, 0.6) is 5.88 Å². The lowest BCUT2D eigenvalue weighted by molar-refractivity contribution is 0.191. The molecule has 1 aliphatic heterocycles. The molecule has 0 aliphatic carbocycles. The van der Waals surface area contributed by atoms with Gasteiger partial charge in [0.1, 0.15) is 12.0 Å². The molecule has 3 rings (SSSR count). The van der Waals surface area contributed by atoms with Crippen LogP contribution in [0.25, 0.3) is 11.5 Å². The Morgan fingerprint density at radius 3 is 3.11 bits per heavy atom. The monoisotopic (exact) mass is 263 g/mol. The van der Waals surface area contributed by atoms with Crippen molar-refractivity contribution in [1.82, 2.24) is 25.4 Å². The minimum Gasteiger partial charge on any atom is -0.481 e. The normalized spacial score (nSPS) is 22.6. The number of methoxy groups -OCH3 is 1. The Morgan fingerprint density at radius 1 is 1.47 bits per heavy atom. The fraction of sp³-hybridized carbons (Fsp3) is 0.455. The predicted molar refractivity (Wildman–Crippen MR) is 63.2 cm³/mol. The number of nitrogens with zero attached hydrogens (tertiary/aromatic N) is 4. The Labute approximate surface area is 108 Å². The maximum atomic E-state index is 9.46. The minimum absolute atomic E-state index is 0.111. The molecule has 0 amide bonds. The third kappa shape index (κ3) is 2.40. The first-order valence-corrected chi connectivity index (χ1v) is 5.87. The van der Waals surface area contributed by atoms with E-state index in [2.05, 4.69) is 25.4 Å². The van der Waals surface area contributed by atoms with Gasteiger partial charge in [0.05, 0.1) is 19.3 Å². The zero-order valence-electron chi connectivity index (χ0n) is 10.3. The van der Waals surface area contributed by atoms with E-state index in [0.717, 1.165) is 0 Å². The smallest absolute Gasteiger partial charge is 0.244 e. The lowest BCUT2D eigenvalue weighted by Crippen LogP contribution is -2.15. The van der Waals surface area contributed by atoms with Gasteiger partial charge >= 0.3 is 0 Å². The van der Waals surface area contributed by atoms with Crippen LogP contribution in [0, 0.1) is 0 Å². The lowest BCUT2D eigenvalue weighted by Gasteiger charge is -2.01. The second kappa shape index (κ2) is 4.90. The number of aliphatic hydroxyl groups excluding tert-OH is 1. The molecule has 1 fully saturated rings. The Kier molecular flexibility index (Phi) is 3.10. The van der Waals surface area contributed by atoms with Crippen molar-refractivity contribution in [3.8, 4) is 17.4 Å². The summed E-state index contributed by atoms with van der Waals surface area (Å²) in [7, 11) is 1.53. The first-order valence-electron chi connectivity index (χ1n) is 5.87. The Balaban J connectivity index is 1.84. The van der Waals surface area contributed by atoms with Gasteiger partial charge in [-0.3, -0.25) is 0 Å². The van der Waals surface area contributed by atoms with Crippen molar-refractivity contribution in [3.05, 3.63) is 18.3 Å². The molecule has 2 atom stereocenters. The number of aliphatic hydroxyl groups is 1. The van der Waals surface area contributed by atoms with Crippen LogP contribution in [-0.2, 0) is 0 Å². The second-order valence-electron chi connectivity index (χ2n) is 4.25. The summed E-state index contributed by atoms with van der Waals surface area (Å²) in [5.74, 6) is 1.26. The van der Waals surface area contributed by atoms with Crippen LogP contribution in [0.4, 0.5) is 0 Å². The van der Waals surface area contributed by atoms with Gasteiger partial charge in [-0.2, -0.15) is 4.98 Å². The third-order valence-electron chi connectivity index (χ3n) is 2.93. The van der Waals surface area contributed by atoms with Gasteiger partial charge in [0.2, 0.25) is 17.6 Å². The summed E-state index contributed by atoms with van der Waals surface area (Å²) in [4.78, 5) is 12.3. The van der Waals surface area contributed by atoms with Crippen LogP contribution >= 0.6 is 0 Å². The van der Waals surface area contributed by atoms with Crippen molar-refractivity contribution in [2.75, 3.05) is 13.7 Å². The first kappa shape index (κ1) is 12.0. The SMILES string of the molecule is COc1cc(-c2noc([C@@H]3C[C@H](O)CN3)n2)ncn1. The van der Waals surface area contributed by atoms with Gasteiger partial charge in [0, 0.05) is 12.6 Å². The maximum Gasteiger partial charge on any atom is 0.244 e. The summed E-state index contributed by atoms with van der Waals surface area (Å²) >= 11 is 0. The number of ether oxygens (including phenoxy) is 1. The van der Waals surface area contributed by atoms with E-state index in [-0.39, 0.29) is 12.1 Å². The van der Waals surface area contributed by atoms with E-state index in [1.54, 1.807) is 6.07 Å². The molecule has 0 unspecified atom stereocenters. The summed E-state index contributed by atoms with van der Waals surface area (Å²) < 4.78 is 10.2. The standard InChI is InChI=1S/C11H13N5O3/c1-18-9-3-7(13-5-14-9)10-15-11(19-16-10)8-2-6(17)4-12-8/h3,5-6,8,12,17H,2,4H2,1H3/t6-,8-/m0/s1. The number of hydrogen-bond donors (Lipinski definition) is 2. The molecule has 0 aromatic carbocycles. The molecule has 0 saturated carbocycles. The minimum atomic E-state index is -0.375. The van der Waals surface area contributed by atoms with E-state index < -0.39 is 0 Å². The Morgan fingerprint density at radius 2 is 2.37 bits per heavy atom. The third-order valence-corrected chi connectivity index (χ3v) is 2.93. The number of hydrogen-bond acceptors (Lipinski definition) is 8. The number of rotatable bonds is 3. The molecule has 0 spiro atoms. The fourth-order valence-corrected chi connectivity index (χ4v) is 1.96. The van der Waals surface area contributed by atoms with Crippen molar-refractivity contribution in [3.63, 3.8) is 0 Å². The molecular weight excluding hydrogens is 250 g/mol. The molecule has 1 saturated heterocycles. The molecule has 2 aromatic heterocycles. The second-order valence-corrected chi connectivity index (χ2v) is 4.25. The fourth-order valence-electron chi connectivity index (χ4n) is 1.96. The van der Waals surface area contributed by atoms with Crippen LogP contribution in [-0.4, -0.2) is 45.0 Å². The summed E-state index contributed by atoms with van der Waals surface area (Å²) in [6.45, 7) is 0.531. The average Bonchev–Trinajstić information content (AvgIpc) is 3.07. The highest BCUT2D eigenvalue weighted by molar-refractivity contribution is 5.49.